The first-order valence-corrected chi connectivity index (χ1v) is 7.71. The molecule has 1 amide bonds. The number of carbonyl (C=O) groups is 1. The highest BCUT2D eigenvalue weighted by molar-refractivity contribution is 6.31. The van der Waals surface area contributed by atoms with E-state index in [0.717, 1.165) is 12.1 Å². The highest BCUT2D eigenvalue weighted by Crippen LogP contribution is 2.39. The lowest BCUT2D eigenvalue weighted by molar-refractivity contribution is -0.138. The fourth-order valence-corrected chi connectivity index (χ4v) is 3.01. The van der Waals surface area contributed by atoms with Crippen LogP contribution in [-0.4, -0.2) is 15.9 Å². The molecule has 0 bridgehead atoms. The lowest BCUT2D eigenvalue weighted by Crippen LogP contribution is -2.20. The summed E-state index contributed by atoms with van der Waals surface area (Å²) in [5.74, 6) is -1.46. The first-order chi connectivity index (χ1) is 11.7. The van der Waals surface area contributed by atoms with Gasteiger partial charge in [0.15, 0.2) is 0 Å². The first kappa shape index (κ1) is 17.3. The smallest absolute Gasteiger partial charge is 0.366 e. The number of benzene rings is 2. The molecule has 4 nitrogen and oxygen atoms in total. The van der Waals surface area contributed by atoms with Gasteiger partial charge in [-0.25, -0.2) is 4.98 Å². The van der Waals surface area contributed by atoms with Crippen molar-refractivity contribution in [3.63, 3.8) is 0 Å². The minimum absolute atomic E-state index is 0.180. The number of hydrogen-bond acceptors (Lipinski definition) is 2. The van der Waals surface area contributed by atoms with Crippen LogP contribution >= 0.6 is 11.6 Å². The van der Waals surface area contributed by atoms with Gasteiger partial charge in [0.2, 0.25) is 5.91 Å². The summed E-state index contributed by atoms with van der Waals surface area (Å²) in [6, 6.07) is 8.30. The summed E-state index contributed by atoms with van der Waals surface area (Å²) < 4.78 is 40.3. The molecule has 0 saturated carbocycles. The van der Waals surface area contributed by atoms with Crippen molar-refractivity contribution in [3.8, 4) is 0 Å². The quantitative estimate of drug-likeness (QED) is 0.716. The number of aromatic amines is 1. The summed E-state index contributed by atoms with van der Waals surface area (Å²) in [7, 11) is 0. The molecule has 3 N–H and O–H groups in total. The number of nitrogens with zero attached hydrogens (tertiary/aromatic N) is 1. The van der Waals surface area contributed by atoms with Crippen molar-refractivity contribution in [2.45, 2.75) is 19.0 Å². The van der Waals surface area contributed by atoms with Gasteiger partial charge < -0.3 is 10.7 Å². The standard InChI is InChI=1S/C17H13ClF3N3O/c1-8(16-23-12-6-5-9(18)7-13(12)24-16)14-10(15(22)25)3-2-4-11(14)17(19,20)21/h2-8H,1H3,(H2,22,25)(H,23,24)/t8-/m0/s1. The van der Waals surface area contributed by atoms with Gasteiger partial charge in [-0.05, 0) is 35.9 Å². The molecule has 0 aliphatic rings. The molecule has 3 aromatic rings. The topological polar surface area (TPSA) is 71.8 Å². The maximum absolute atomic E-state index is 13.4. The largest absolute Gasteiger partial charge is 0.416 e. The Kier molecular flexibility index (Phi) is 4.20. The van der Waals surface area contributed by atoms with Crippen molar-refractivity contribution in [1.29, 1.82) is 0 Å². The Morgan fingerprint density at radius 2 is 2.00 bits per heavy atom. The fraction of sp³-hybridized carbons (Fsp3) is 0.176. The Hall–Kier alpha value is -2.54. The molecule has 130 valence electrons. The Morgan fingerprint density at radius 1 is 1.28 bits per heavy atom. The third-order valence-corrected chi connectivity index (χ3v) is 4.22. The van der Waals surface area contributed by atoms with Gasteiger partial charge in [-0.1, -0.05) is 24.6 Å². The molecular weight excluding hydrogens is 355 g/mol. The Balaban J connectivity index is 2.20. The van der Waals surface area contributed by atoms with E-state index in [1.54, 1.807) is 18.2 Å². The van der Waals surface area contributed by atoms with Gasteiger partial charge in [0.05, 0.1) is 16.6 Å². The molecule has 1 atom stereocenters. The van der Waals surface area contributed by atoms with Crippen LogP contribution in [-0.2, 0) is 6.18 Å². The van der Waals surface area contributed by atoms with Gasteiger partial charge in [0.1, 0.15) is 5.82 Å². The van der Waals surface area contributed by atoms with Gasteiger partial charge in [0.25, 0.3) is 0 Å². The minimum Gasteiger partial charge on any atom is -0.366 e. The number of halogens is 4. The zero-order chi connectivity index (χ0) is 18.4. The third kappa shape index (κ3) is 3.19. The first-order valence-electron chi connectivity index (χ1n) is 7.33. The number of primary amides is 1. The summed E-state index contributed by atoms with van der Waals surface area (Å²) in [6.45, 7) is 1.54. The van der Waals surface area contributed by atoms with Gasteiger partial charge >= 0.3 is 6.18 Å². The monoisotopic (exact) mass is 367 g/mol. The number of alkyl halides is 3. The number of nitrogens with one attached hydrogen (secondary N) is 1. The Morgan fingerprint density at radius 3 is 2.64 bits per heavy atom. The van der Waals surface area contributed by atoms with E-state index in [1.165, 1.54) is 13.0 Å². The summed E-state index contributed by atoms with van der Waals surface area (Å²) in [5, 5.41) is 0.476. The van der Waals surface area contributed by atoms with Crippen LogP contribution in [0.4, 0.5) is 13.2 Å². The van der Waals surface area contributed by atoms with Crippen LogP contribution in [0.1, 0.15) is 40.2 Å². The number of carbonyl (C=O) groups excluding carboxylic acids is 1. The molecule has 2 aromatic carbocycles. The number of nitrogens with two attached hydrogens (primary N) is 1. The van der Waals surface area contributed by atoms with Gasteiger partial charge in [-0.3, -0.25) is 4.79 Å². The van der Waals surface area contributed by atoms with Crippen LogP contribution in [0.2, 0.25) is 5.02 Å². The van der Waals surface area contributed by atoms with Crippen molar-refractivity contribution in [2.75, 3.05) is 0 Å². The second-order valence-electron chi connectivity index (χ2n) is 5.63. The van der Waals surface area contributed by atoms with E-state index in [9.17, 15) is 18.0 Å². The Labute approximate surface area is 145 Å². The number of fused-ring (bicyclic) bond motifs is 1. The molecule has 8 heteroatoms. The van der Waals surface area contributed by atoms with Crippen LogP contribution in [0.3, 0.4) is 0 Å². The number of hydrogen-bond donors (Lipinski definition) is 2. The highest BCUT2D eigenvalue weighted by atomic mass is 35.5. The molecule has 0 spiro atoms. The van der Waals surface area contributed by atoms with E-state index in [4.69, 9.17) is 17.3 Å². The lowest BCUT2D eigenvalue weighted by atomic mass is 9.89. The Bertz CT molecular complexity index is 965. The molecule has 1 aromatic heterocycles. The summed E-state index contributed by atoms with van der Waals surface area (Å²) >= 11 is 5.92. The zero-order valence-electron chi connectivity index (χ0n) is 13.0. The molecule has 0 fully saturated rings. The average Bonchev–Trinajstić information content (AvgIpc) is 2.95. The molecule has 0 radical (unpaired) electrons. The second-order valence-corrected chi connectivity index (χ2v) is 6.07. The molecule has 3 rings (SSSR count). The van der Waals surface area contributed by atoms with E-state index in [1.807, 2.05) is 0 Å². The van der Waals surface area contributed by atoms with Gasteiger partial charge in [0, 0.05) is 16.5 Å². The maximum Gasteiger partial charge on any atom is 0.416 e. The van der Waals surface area contributed by atoms with Crippen molar-refractivity contribution < 1.29 is 18.0 Å². The zero-order valence-corrected chi connectivity index (χ0v) is 13.7. The highest BCUT2D eigenvalue weighted by Gasteiger charge is 2.37. The predicted molar refractivity (Wildman–Crippen MR) is 88.6 cm³/mol. The van der Waals surface area contributed by atoms with Crippen molar-refractivity contribution in [2.24, 2.45) is 5.73 Å². The summed E-state index contributed by atoms with van der Waals surface area (Å²) in [6.07, 6.45) is -4.62. The summed E-state index contributed by atoms with van der Waals surface area (Å²) in [4.78, 5) is 18.9. The molecule has 25 heavy (non-hydrogen) atoms. The van der Waals surface area contributed by atoms with E-state index < -0.39 is 23.6 Å². The van der Waals surface area contributed by atoms with E-state index >= 15 is 0 Å². The number of H-pyrrole nitrogens is 1. The SMILES string of the molecule is C[C@H](c1nc2ccc(Cl)cc2[nH]1)c1c(C(N)=O)cccc1C(F)(F)F. The fourth-order valence-electron chi connectivity index (χ4n) is 2.84. The van der Waals surface area contributed by atoms with Crippen molar-refractivity contribution in [3.05, 3.63) is 63.9 Å². The van der Waals surface area contributed by atoms with Crippen LogP contribution in [0.15, 0.2) is 36.4 Å². The van der Waals surface area contributed by atoms with Crippen LogP contribution < -0.4 is 5.73 Å². The van der Waals surface area contributed by atoms with Crippen molar-refractivity contribution in [1.82, 2.24) is 9.97 Å². The number of aromatic nitrogens is 2. The summed E-state index contributed by atoms with van der Waals surface area (Å²) in [5.41, 5.74) is 5.16. The van der Waals surface area contributed by atoms with E-state index in [0.29, 0.717) is 16.1 Å². The number of imidazole rings is 1. The lowest BCUT2D eigenvalue weighted by Gasteiger charge is -2.19. The van der Waals surface area contributed by atoms with Crippen LogP contribution in [0, 0.1) is 0 Å². The molecule has 0 aliphatic carbocycles. The predicted octanol–water partition coefficient (Wildman–Crippen LogP) is 4.49. The molecule has 0 saturated heterocycles. The average molecular weight is 368 g/mol. The van der Waals surface area contributed by atoms with E-state index in [-0.39, 0.29) is 17.0 Å². The minimum atomic E-state index is -4.62. The third-order valence-electron chi connectivity index (χ3n) is 3.98. The maximum atomic E-state index is 13.4. The van der Waals surface area contributed by atoms with E-state index in [2.05, 4.69) is 9.97 Å². The van der Waals surface area contributed by atoms with Crippen LogP contribution in [0.5, 0.6) is 0 Å². The van der Waals surface area contributed by atoms with Gasteiger partial charge in [-0.2, -0.15) is 13.2 Å². The number of rotatable bonds is 3. The molecule has 0 aliphatic heterocycles. The van der Waals surface area contributed by atoms with Gasteiger partial charge in [-0.15, -0.1) is 0 Å². The molecule has 1 heterocycles. The molecule has 0 unspecified atom stereocenters. The van der Waals surface area contributed by atoms with Crippen molar-refractivity contribution >= 4 is 28.5 Å². The second kappa shape index (κ2) is 6.07. The number of amides is 1. The normalized spacial score (nSPS) is 13.2. The molecular formula is C17H13ClF3N3O. The van der Waals surface area contributed by atoms with Crippen LogP contribution in [0.25, 0.3) is 11.0 Å².